The summed E-state index contributed by atoms with van der Waals surface area (Å²) in [5.74, 6) is 1.32. The van der Waals surface area contributed by atoms with Crippen molar-refractivity contribution in [2.45, 2.75) is 6.42 Å². The van der Waals surface area contributed by atoms with E-state index in [-0.39, 0.29) is 0 Å². The van der Waals surface area contributed by atoms with Crippen molar-refractivity contribution in [3.05, 3.63) is 42.1 Å². The van der Waals surface area contributed by atoms with Crippen LogP contribution >= 0.6 is 0 Å². The largest absolute Gasteiger partial charge is 0.481 e. The molecule has 82 valence electrons. The Kier molecular flexibility index (Phi) is 2.95. The first-order chi connectivity index (χ1) is 7.78. The minimum absolute atomic E-state index is 0.566. The Balaban J connectivity index is 2.11. The number of nitrogens with two attached hydrogens (primary N) is 1. The molecule has 0 aliphatic carbocycles. The minimum atomic E-state index is 0.566. The SMILES string of the molecule is COc1ccc(Cc2ncc(N)cn2)cn1. The Labute approximate surface area is 93.3 Å². The first-order valence-electron chi connectivity index (χ1n) is 4.83. The maximum Gasteiger partial charge on any atom is 0.212 e. The quantitative estimate of drug-likeness (QED) is 0.830. The second-order valence-corrected chi connectivity index (χ2v) is 3.32. The molecule has 2 aromatic rings. The Morgan fingerprint density at radius 3 is 2.44 bits per heavy atom. The van der Waals surface area contributed by atoms with Gasteiger partial charge in [-0.25, -0.2) is 15.0 Å². The lowest BCUT2D eigenvalue weighted by atomic mass is 10.2. The van der Waals surface area contributed by atoms with Crippen molar-refractivity contribution in [3.8, 4) is 5.88 Å². The van der Waals surface area contributed by atoms with E-state index in [1.54, 1.807) is 25.7 Å². The van der Waals surface area contributed by atoms with Crippen LogP contribution in [-0.2, 0) is 6.42 Å². The molecule has 2 aromatic heterocycles. The van der Waals surface area contributed by atoms with Crippen molar-refractivity contribution in [1.29, 1.82) is 0 Å². The van der Waals surface area contributed by atoms with Gasteiger partial charge in [0, 0.05) is 18.7 Å². The topological polar surface area (TPSA) is 73.9 Å². The Hall–Kier alpha value is -2.17. The minimum Gasteiger partial charge on any atom is -0.481 e. The van der Waals surface area contributed by atoms with Gasteiger partial charge in [-0.1, -0.05) is 6.07 Å². The standard InChI is InChI=1S/C11H12N4O/c1-16-11-3-2-8(5-15-11)4-10-13-6-9(12)7-14-10/h2-3,5-7H,4,12H2,1H3. The number of ether oxygens (including phenoxy) is 1. The average molecular weight is 216 g/mol. The zero-order chi connectivity index (χ0) is 11.4. The maximum absolute atomic E-state index is 5.50. The first kappa shape index (κ1) is 10.4. The molecule has 0 aliphatic rings. The van der Waals surface area contributed by atoms with Gasteiger partial charge in [-0.15, -0.1) is 0 Å². The highest BCUT2D eigenvalue weighted by atomic mass is 16.5. The summed E-state index contributed by atoms with van der Waals surface area (Å²) in [5, 5.41) is 0. The molecule has 2 heterocycles. The molecule has 0 saturated heterocycles. The van der Waals surface area contributed by atoms with Crippen LogP contribution in [0.25, 0.3) is 0 Å². The zero-order valence-corrected chi connectivity index (χ0v) is 8.92. The fourth-order valence-electron chi connectivity index (χ4n) is 1.27. The van der Waals surface area contributed by atoms with Crippen LogP contribution in [0.1, 0.15) is 11.4 Å². The van der Waals surface area contributed by atoms with Gasteiger partial charge >= 0.3 is 0 Å². The molecule has 0 spiro atoms. The molecule has 5 heteroatoms. The van der Waals surface area contributed by atoms with Crippen molar-refractivity contribution in [3.63, 3.8) is 0 Å². The predicted octanol–water partition coefficient (Wildman–Crippen LogP) is 1.05. The number of aromatic nitrogens is 3. The van der Waals surface area contributed by atoms with Crippen molar-refractivity contribution >= 4 is 5.69 Å². The molecule has 0 aliphatic heterocycles. The summed E-state index contributed by atoms with van der Waals surface area (Å²) in [6, 6.07) is 3.75. The van der Waals surface area contributed by atoms with Crippen LogP contribution in [0.3, 0.4) is 0 Å². The fourth-order valence-corrected chi connectivity index (χ4v) is 1.27. The summed E-state index contributed by atoms with van der Waals surface area (Å²) in [7, 11) is 1.59. The van der Waals surface area contributed by atoms with E-state index in [2.05, 4.69) is 15.0 Å². The zero-order valence-electron chi connectivity index (χ0n) is 8.92. The van der Waals surface area contributed by atoms with Crippen molar-refractivity contribution in [2.75, 3.05) is 12.8 Å². The summed E-state index contributed by atoms with van der Waals surface area (Å²) in [4.78, 5) is 12.4. The van der Waals surface area contributed by atoms with E-state index in [1.165, 1.54) is 0 Å². The van der Waals surface area contributed by atoms with Gasteiger partial charge in [0.2, 0.25) is 5.88 Å². The smallest absolute Gasteiger partial charge is 0.212 e. The van der Waals surface area contributed by atoms with Crippen molar-refractivity contribution < 1.29 is 4.74 Å². The molecule has 2 rings (SSSR count). The highest BCUT2D eigenvalue weighted by Gasteiger charge is 2.00. The lowest BCUT2D eigenvalue weighted by molar-refractivity contribution is 0.397. The molecule has 0 radical (unpaired) electrons. The molecule has 0 aromatic carbocycles. The first-order valence-corrected chi connectivity index (χ1v) is 4.83. The Bertz CT molecular complexity index is 452. The van der Waals surface area contributed by atoms with Gasteiger partial charge in [0.25, 0.3) is 0 Å². The van der Waals surface area contributed by atoms with E-state index >= 15 is 0 Å². The number of anilines is 1. The molecule has 16 heavy (non-hydrogen) atoms. The van der Waals surface area contributed by atoms with E-state index in [0.717, 1.165) is 11.4 Å². The van der Waals surface area contributed by atoms with Crippen LogP contribution in [0.15, 0.2) is 30.7 Å². The summed E-state index contributed by atoms with van der Waals surface area (Å²) in [6.07, 6.45) is 5.58. The lowest BCUT2D eigenvalue weighted by Gasteiger charge is -2.02. The molecule has 2 N–H and O–H groups in total. The third-order valence-electron chi connectivity index (χ3n) is 2.09. The van der Waals surface area contributed by atoms with Crippen molar-refractivity contribution in [1.82, 2.24) is 15.0 Å². The Morgan fingerprint density at radius 1 is 1.12 bits per heavy atom. The molecule has 0 fully saturated rings. The van der Waals surface area contributed by atoms with Crippen molar-refractivity contribution in [2.24, 2.45) is 0 Å². The van der Waals surface area contributed by atoms with Crippen LogP contribution in [0.4, 0.5) is 5.69 Å². The number of rotatable bonds is 3. The van der Waals surface area contributed by atoms with Gasteiger partial charge in [-0.05, 0) is 5.56 Å². The molecular weight excluding hydrogens is 204 g/mol. The lowest BCUT2D eigenvalue weighted by Crippen LogP contribution is -1.98. The van der Waals surface area contributed by atoms with Gasteiger partial charge < -0.3 is 10.5 Å². The second-order valence-electron chi connectivity index (χ2n) is 3.32. The third kappa shape index (κ3) is 2.44. The summed E-state index contributed by atoms with van der Waals surface area (Å²) >= 11 is 0. The highest BCUT2D eigenvalue weighted by Crippen LogP contribution is 2.09. The van der Waals surface area contributed by atoms with Gasteiger partial charge in [0.05, 0.1) is 25.2 Å². The van der Waals surface area contributed by atoms with E-state index in [9.17, 15) is 0 Å². The number of hydrogen-bond donors (Lipinski definition) is 1. The highest BCUT2D eigenvalue weighted by molar-refractivity contribution is 5.31. The fraction of sp³-hybridized carbons (Fsp3) is 0.182. The molecule has 0 amide bonds. The van der Waals surface area contributed by atoms with Crippen LogP contribution < -0.4 is 10.5 Å². The number of nitrogens with zero attached hydrogens (tertiary/aromatic N) is 3. The Morgan fingerprint density at radius 2 is 1.88 bits per heavy atom. The molecule has 0 unspecified atom stereocenters. The van der Waals surface area contributed by atoms with Gasteiger partial charge in [-0.2, -0.15) is 0 Å². The van der Waals surface area contributed by atoms with Crippen LogP contribution in [0.2, 0.25) is 0 Å². The molecule has 0 saturated carbocycles. The number of hydrogen-bond acceptors (Lipinski definition) is 5. The number of pyridine rings is 1. The van der Waals surface area contributed by atoms with Gasteiger partial charge in [-0.3, -0.25) is 0 Å². The molecule has 5 nitrogen and oxygen atoms in total. The summed E-state index contributed by atoms with van der Waals surface area (Å²) < 4.78 is 4.98. The molecule has 0 atom stereocenters. The van der Waals surface area contributed by atoms with E-state index in [0.29, 0.717) is 18.0 Å². The average Bonchev–Trinajstić information content (AvgIpc) is 2.33. The van der Waals surface area contributed by atoms with Gasteiger partial charge in [0.1, 0.15) is 5.82 Å². The number of nitrogen functional groups attached to an aromatic ring is 1. The van der Waals surface area contributed by atoms with Gasteiger partial charge in [0.15, 0.2) is 0 Å². The van der Waals surface area contributed by atoms with Crippen LogP contribution in [0, 0.1) is 0 Å². The van der Waals surface area contributed by atoms with E-state index < -0.39 is 0 Å². The molecule has 0 bridgehead atoms. The van der Waals surface area contributed by atoms with Crippen LogP contribution in [-0.4, -0.2) is 22.1 Å². The summed E-state index contributed by atoms with van der Waals surface area (Å²) in [5.41, 5.74) is 7.10. The number of methoxy groups -OCH3 is 1. The third-order valence-corrected chi connectivity index (χ3v) is 2.09. The van der Waals surface area contributed by atoms with E-state index in [4.69, 9.17) is 10.5 Å². The van der Waals surface area contributed by atoms with E-state index in [1.807, 2.05) is 12.1 Å². The summed E-state index contributed by atoms with van der Waals surface area (Å²) in [6.45, 7) is 0. The predicted molar refractivity (Wildman–Crippen MR) is 60.0 cm³/mol. The second kappa shape index (κ2) is 4.57. The molecular formula is C11H12N4O. The maximum atomic E-state index is 5.50. The normalized spacial score (nSPS) is 10.1. The van der Waals surface area contributed by atoms with Crippen LogP contribution in [0.5, 0.6) is 5.88 Å². The monoisotopic (exact) mass is 216 g/mol.